The Hall–Kier alpha value is -2.30. The lowest BCUT2D eigenvalue weighted by molar-refractivity contribution is -0.116. The summed E-state index contributed by atoms with van der Waals surface area (Å²) in [5.41, 5.74) is 9.86. The number of nitrogens with one attached hydrogen (secondary N) is 1. The summed E-state index contributed by atoms with van der Waals surface area (Å²) >= 11 is 0. The topological polar surface area (TPSA) is 72.9 Å². The normalized spacial score (nSPS) is 14.2. The quantitative estimate of drug-likeness (QED) is 0.797. The van der Waals surface area contributed by atoms with E-state index in [4.69, 9.17) is 5.73 Å². The summed E-state index contributed by atoms with van der Waals surface area (Å²) in [6.45, 7) is 0. The maximum absolute atomic E-state index is 11.4. The lowest BCUT2D eigenvalue weighted by Crippen LogP contribution is -2.18. The average Bonchev–Trinajstić information content (AvgIpc) is 2.69. The van der Waals surface area contributed by atoms with Gasteiger partial charge in [-0.25, -0.2) is 0 Å². The van der Waals surface area contributed by atoms with E-state index in [-0.39, 0.29) is 5.91 Å². The third-order valence-electron chi connectivity index (χ3n) is 3.30. The van der Waals surface area contributed by atoms with Gasteiger partial charge in [-0.05, 0) is 23.6 Å². The summed E-state index contributed by atoms with van der Waals surface area (Å²) < 4.78 is 1.63. The smallest absolute Gasteiger partial charge is 0.224 e. The number of hydrogen-bond donors (Lipinski definition) is 2. The highest BCUT2D eigenvalue weighted by Crippen LogP contribution is 2.31. The summed E-state index contributed by atoms with van der Waals surface area (Å²) in [7, 11) is 1.80. The zero-order valence-electron chi connectivity index (χ0n) is 10.1. The molecule has 1 amide bonds. The molecule has 1 aliphatic rings. The Morgan fingerprint density at radius 1 is 1.39 bits per heavy atom. The highest BCUT2D eigenvalue weighted by Gasteiger charge is 2.16. The first-order valence-electron chi connectivity index (χ1n) is 5.86. The number of carbonyl (C=O) groups excluding carboxylic acids is 1. The zero-order chi connectivity index (χ0) is 12.7. The third kappa shape index (κ3) is 1.64. The number of aromatic nitrogens is 2. The maximum Gasteiger partial charge on any atom is 0.224 e. The van der Waals surface area contributed by atoms with Gasteiger partial charge >= 0.3 is 0 Å². The van der Waals surface area contributed by atoms with Gasteiger partial charge in [-0.15, -0.1) is 0 Å². The van der Waals surface area contributed by atoms with Crippen molar-refractivity contribution in [2.75, 3.05) is 11.1 Å². The Bertz CT molecular complexity index is 630. The summed E-state index contributed by atoms with van der Waals surface area (Å²) in [6, 6.07) is 6.01. The number of nitrogens with zero attached hydrogens (tertiary/aromatic N) is 2. The molecule has 0 aliphatic carbocycles. The molecule has 0 spiro atoms. The molecule has 0 unspecified atom stereocenters. The summed E-state index contributed by atoms with van der Waals surface area (Å²) in [6.07, 6.45) is 3.09. The molecule has 18 heavy (non-hydrogen) atoms. The van der Waals surface area contributed by atoms with Crippen LogP contribution in [0.25, 0.3) is 11.1 Å². The molecule has 0 radical (unpaired) electrons. The van der Waals surface area contributed by atoms with Crippen molar-refractivity contribution >= 4 is 17.4 Å². The Morgan fingerprint density at radius 3 is 2.94 bits per heavy atom. The summed E-state index contributed by atoms with van der Waals surface area (Å²) in [5.74, 6) is 0.691. The van der Waals surface area contributed by atoms with Crippen LogP contribution in [0.15, 0.2) is 24.4 Å². The minimum absolute atomic E-state index is 0.0683. The largest absolute Gasteiger partial charge is 0.383 e. The summed E-state index contributed by atoms with van der Waals surface area (Å²) in [5, 5.41) is 7.01. The van der Waals surface area contributed by atoms with Crippen LogP contribution in [0.3, 0.4) is 0 Å². The lowest BCUT2D eigenvalue weighted by atomic mass is 9.98. The predicted octanol–water partition coefficient (Wildman–Crippen LogP) is 1.55. The van der Waals surface area contributed by atoms with Crippen molar-refractivity contribution < 1.29 is 4.79 Å². The molecule has 1 aromatic carbocycles. The van der Waals surface area contributed by atoms with Crippen LogP contribution < -0.4 is 11.1 Å². The van der Waals surface area contributed by atoms with Gasteiger partial charge in [0.15, 0.2) is 0 Å². The van der Waals surface area contributed by atoms with Crippen LogP contribution in [0, 0.1) is 0 Å². The van der Waals surface area contributed by atoms with E-state index in [0.717, 1.165) is 23.2 Å². The van der Waals surface area contributed by atoms with Crippen molar-refractivity contribution in [1.29, 1.82) is 0 Å². The van der Waals surface area contributed by atoms with Gasteiger partial charge in [0, 0.05) is 24.7 Å². The van der Waals surface area contributed by atoms with E-state index in [1.54, 1.807) is 17.9 Å². The first kappa shape index (κ1) is 10.8. The van der Waals surface area contributed by atoms with Crippen LogP contribution in [0.4, 0.5) is 11.5 Å². The van der Waals surface area contributed by atoms with Gasteiger partial charge in [0.05, 0.1) is 6.20 Å². The van der Waals surface area contributed by atoms with Crippen molar-refractivity contribution in [1.82, 2.24) is 9.78 Å². The SMILES string of the molecule is Cn1ncc(-c2ccc3c(c2)NC(=O)CC3)c1N. The standard InChI is InChI=1S/C13H14N4O/c1-17-13(14)10(7-15-17)9-3-2-8-4-5-12(18)16-11(8)6-9/h2-3,6-7H,4-5,14H2,1H3,(H,16,18). The van der Waals surface area contributed by atoms with E-state index in [1.807, 2.05) is 18.2 Å². The number of aryl methyl sites for hydroxylation is 2. The van der Waals surface area contributed by atoms with Crippen molar-refractivity contribution in [3.8, 4) is 11.1 Å². The lowest BCUT2D eigenvalue weighted by Gasteiger charge is -2.17. The molecule has 2 heterocycles. The van der Waals surface area contributed by atoms with Crippen molar-refractivity contribution in [3.63, 3.8) is 0 Å². The molecular formula is C13H14N4O. The van der Waals surface area contributed by atoms with Crippen LogP contribution in [-0.2, 0) is 18.3 Å². The van der Waals surface area contributed by atoms with Crippen molar-refractivity contribution in [3.05, 3.63) is 30.0 Å². The van der Waals surface area contributed by atoms with Gasteiger partial charge in [0.2, 0.25) is 5.91 Å². The second-order valence-corrected chi connectivity index (χ2v) is 4.49. The fourth-order valence-corrected chi connectivity index (χ4v) is 2.21. The molecule has 0 saturated heterocycles. The van der Waals surface area contributed by atoms with Crippen LogP contribution in [0.5, 0.6) is 0 Å². The van der Waals surface area contributed by atoms with Gasteiger partial charge in [-0.1, -0.05) is 12.1 Å². The third-order valence-corrected chi connectivity index (χ3v) is 3.30. The fourth-order valence-electron chi connectivity index (χ4n) is 2.21. The van der Waals surface area contributed by atoms with Crippen molar-refractivity contribution in [2.45, 2.75) is 12.8 Å². The minimum atomic E-state index is 0.0683. The number of amides is 1. The van der Waals surface area contributed by atoms with E-state index in [9.17, 15) is 4.79 Å². The van der Waals surface area contributed by atoms with Crippen LogP contribution in [0.2, 0.25) is 0 Å². The van der Waals surface area contributed by atoms with E-state index < -0.39 is 0 Å². The molecule has 0 bridgehead atoms. The number of fused-ring (bicyclic) bond motifs is 1. The van der Waals surface area contributed by atoms with Gasteiger partial charge in [-0.2, -0.15) is 5.10 Å². The number of nitrogen functional groups attached to an aromatic ring is 1. The number of hydrogen-bond acceptors (Lipinski definition) is 3. The van der Waals surface area contributed by atoms with Crippen LogP contribution >= 0.6 is 0 Å². The molecule has 3 rings (SSSR count). The predicted molar refractivity (Wildman–Crippen MR) is 70.0 cm³/mol. The second-order valence-electron chi connectivity index (χ2n) is 4.49. The molecule has 5 heteroatoms. The Kier molecular flexibility index (Phi) is 2.33. The molecule has 92 valence electrons. The Labute approximate surface area is 105 Å². The molecule has 0 saturated carbocycles. The number of nitrogens with two attached hydrogens (primary N) is 1. The Morgan fingerprint density at radius 2 is 2.22 bits per heavy atom. The fraction of sp³-hybridized carbons (Fsp3) is 0.231. The highest BCUT2D eigenvalue weighted by molar-refractivity contribution is 5.95. The van der Waals surface area contributed by atoms with Gasteiger partial charge in [-0.3, -0.25) is 9.48 Å². The van der Waals surface area contributed by atoms with Gasteiger partial charge in [0.25, 0.3) is 0 Å². The first-order valence-corrected chi connectivity index (χ1v) is 5.86. The van der Waals surface area contributed by atoms with Crippen molar-refractivity contribution in [2.24, 2.45) is 7.05 Å². The van der Waals surface area contributed by atoms with E-state index in [2.05, 4.69) is 10.4 Å². The first-order chi connectivity index (χ1) is 8.65. The Balaban J connectivity index is 2.07. The van der Waals surface area contributed by atoms with E-state index in [0.29, 0.717) is 12.2 Å². The minimum Gasteiger partial charge on any atom is -0.383 e. The van der Waals surface area contributed by atoms with E-state index in [1.165, 1.54) is 5.56 Å². The number of carbonyl (C=O) groups is 1. The molecule has 3 N–H and O–H groups in total. The monoisotopic (exact) mass is 242 g/mol. The molecule has 0 atom stereocenters. The molecule has 1 aliphatic heterocycles. The number of anilines is 2. The highest BCUT2D eigenvalue weighted by atomic mass is 16.1. The zero-order valence-corrected chi connectivity index (χ0v) is 10.1. The molecule has 2 aromatic rings. The summed E-state index contributed by atoms with van der Waals surface area (Å²) in [4.78, 5) is 11.4. The molecule has 0 fully saturated rings. The number of benzene rings is 1. The molecular weight excluding hydrogens is 228 g/mol. The van der Waals surface area contributed by atoms with Crippen LogP contribution in [-0.4, -0.2) is 15.7 Å². The maximum atomic E-state index is 11.4. The molecule has 1 aromatic heterocycles. The van der Waals surface area contributed by atoms with Crippen LogP contribution in [0.1, 0.15) is 12.0 Å². The number of rotatable bonds is 1. The van der Waals surface area contributed by atoms with Gasteiger partial charge < -0.3 is 11.1 Å². The molecule has 5 nitrogen and oxygen atoms in total. The average molecular weight is 242 g/mol. The van der Waals surface area contributed by atoms with Gasteiger partial charge in [0.1, 0.15) is 5.82 Å². The van der Waals surface area contributed by atoms with E-state index >= 15 is 0 Å². The second kappa shape index (κ2) is 3.87.